The summed E-state index contributed by atoms with van der Waals surface area (Å²) in [4.78, 5) is 8.92. The van der Waals surface area contributed by atoms with Crippen molar-refractivity contribution in [3.05, 3.63) is 60.8 Å². The minimum absolute atomic E-state index is 0.0982. The highest BCUT2D eigenvalue weighted by Gasteiger charge is 2.18. The van der Waals surface area contributed by atoms with E-state index in [1.54, 1.807) is 35.3 Å². The largest absolute Gasteiger partial charge is 0.396 e. The predicted molar refractivity (Wildman–Crippen MR) is 120 cm³/mol. The number of hydrogen-bond donors (Lipinski definition) is 1. The minimum Gasteiger partial charge on any atom is -0.396 e. The molecular weight excluding hydrogens is 416 g/mol. The van der Waals surface area contributed by atoms with Gasteiger partial charge in [0, 0.05) is 38.8 Å². The van der Waals surface area contributed by atoms with Gasteiger partial charge in [0.15, 0.2) is 11.6 Å². The van der Waals surface area contributed by atoms with Gasteiger partial charge >= 0.3 is 0 Å². The fourth-order valence-electron chi connectivity index (χ4n) is 3.33. The van der Waals surface area contributed by atoms with Crippen LogP contribution in [0.3, 0.4) is 0 Å². The van der Waals surface area contributed by atoms with Gasteiger partial charge in [0.2, 0.25) is 0 Å². The number of imidazole rings is 2. The molecule has 0 saturated heterocycles. The molecule has 0 amide bonds. The maximum Gasteiger partial charge on any atom is 0.162 e. The van der Waals surface area contributed by atoms with Crippen LogP contribution in [0.5, 0.6) is 0 Å². The van der Waals surface area contributed by atoms with E-state index in [-0.39, 0.29) is 11.3 Å². The van der Waals surface area contributed by atoms with Gasteiger partial charge in [0.25, 0.3) is 0 Å². The predicted octanol–water partition coefficient (Wildman–Crippen LogP) is 5.04. The molecule has 31 heavy (non-hydrogen) atoms. The maximum absolute atomic E-state index is 14.4. The average Bonchev–Trinajstić information content (AvgIpc) is 3.34. The van der Waals surface area contributed by atoms with Crippen LogP contribution in [-0.4, -0.2) is 33.6 Å². The van der Waals surface area contributed by atoms with Crippen molar-refractivity contribution in [3.8, 4) is 22.6 Å². The third-order valence-corrected chi connectivity index (χ3v) is 6.80. The topological polar surface area (TPSA) is 70.4 Å². The van der Waals surface area contributed by atoms with E-state index >= 15 is 0 Å². The molecule has 0 aliphatic rings. The second-order valence-electron chi connectivity index (χ2n) is 8.70. The van der Waals surface area contributed by atoms with E-state index in [0.717, 1.165) is 17.6 Å². The van der Waals surface area contributed by atoms with E-state index in [2.05, 4.69) is 29.6 Å². The highest BCUT2D eigenvalue weighted by Crippen LogP contribution is 2.31. The molecule has 0 spiro atoms. The van der Waals surface area contributed by atoms with E-state index in [0.29, 0.717) is 30.4 Å². The Morgan fingerprint density at radius 3 is 2.68 bits per heavy atom. The number of ether oxygens (including phenoxy) is 1. The fraction of sp³-hybridized carbons (Fsp3) is 0.273. The number of aromatic nitrogens is 4. The Morgan fingerprint density at radius 2 is 1.90 bits per heavy atom. The summed E-state index contributed by atoms with van der Waals surface area (Å²) in [6, 6.07) is 6.89. The Kier molecular flexibility index (Phi) is 5.63. The van der Waals surface area contributed by atoms with Crippen molar-refractivity contribution in [1.29, 1.82) is 0 Å². The number of halogens is 2. The molecule has 162 valence electrons. The van der Waals surface area contributed by atoms with Crippen molar-refractivity contribution in [1.82, 2.24) is 18.9 Å². The molecule has 0 aliphatic carbocycles. The van der Waals surface area contributed by atoms with Gasteiger partial charge in [-0.3, -0.25) is 0 Å². The Morgan fingerprint density at radius 1 is 1.10 bits per heavy atom. The van der Waals surface area contributed by atoms with Crippen LogP contribution in [-0.2, 0) is 11.5 Å². The normalized spacial score (nSPS) is 12.0. The molecular formula is C22H25F2N5OSi. The summed E-state index contributed by atoms with van der Waals surface area (Å²) in [7, 11) is -1.15. The van der Waals surface area contributed by atoms with Crippen LogP contribution >= 0.6 is 0 Å². The molecule has 4 rings (SSSR count). The van der Waals surface area contributed by atoms with Gasteiger partial charge in [-0.05, 0) is 24.2 Å². The SMILES string of the molecule is C[Si](C)(C)CCOCn1ccnc1-c1ncn2cc(-c3c(F)ccc(N)c3F)ccc12. The van der Waals surface area contributed by atoms with Crippen molar-refractivity contribution >= 4 is 19.3 Å². The number of benzene rings is 1. The highest BCUT2D eigenvalue weighted by atomic mass is 28.3. The first kappa shape index (κ1) is 21.2. The van der Waals surface area contributed by atoms with Crippen molar-refractivity contribution < 1.29 is 13.5 Å². The Balaban J connectivity index is 1.62. The maximum atomic E-state index is 14.4. The monoisotopic (exact) mass is 441 g/mol. The van der Waals surface area contributed by atoms with Crippen LogP contribution < -0.4 is 5.73 Å². The summed E-state index contributed by atoms with van der Waals surface area (Å²) >= 11 is 0. The minimum atomic E-state index is -1.15. The number of anilines is 1. The zero-order valence-corrected chi connectivity index (χ0v) is 18.8. The lowest BCUT2D eigenvalue weighted by molar-refractivity contribution is 0.0882. The molecule has 0 bridgehead atoms. The van der Waals surface area contributed by atoms with Crippen molar-refractivity contribution in [3.63, 3.8) is 0 Å². The molecule has 3 aromatic heterocycles. The van der Waals surface area contributed by atoms with Gasteiger partial charge in [-0.2, -0.15) is 0 Å². The van der Waals surface area contributed by atoms with Crippen LogP contribution in [0.1, 0.15) is 0 Å². The first-order valence-electron chi connectivity index (χ1n) is 10.0. The second kappa shape index (κ2) is 8.24. The number of hydrogen-bond acceptors (Lipinski definition) is 4. The summed E-state index contributed by atoms with van der Waals surface area (Å²) in [5.41, 5.74) is 7.16. The number of fused-ring (bicyclic) bond motifs is 1. The first-order valence-corrected chi connectivity index (χ1v) is 13.7. The molecule has 2 N–H and O–H groups in total. The molecule has 0 radical (unpaired) electrons. The Hall–Kier alpha value is -3.04. The van der Waals surface area contributed by atoms with Gasteiger partial charge in [-0.15, -0.1) is 0 Å². The van der Waals surface area contributed by atoms with Crippen LogP contribution in [0.15, 0.2) is 49.2 Å². The number of rotatable bonds is 7. The molecule has 1 aromatic carbocycles. The van der Waals surface area contributed by atoms with E-state index in [1.165, 1.54) is 6.07 Å². The van der Waals surface area contributed by atoms with Gasteiger partial charge < -0.3 is 19.4 Å². The quantitative estimate of drug-likeness (QED) is 0.248. The molecule has 3 heterocycles. The molecule has 6 nitrogen and oxygen atoms in total. The number of nitrogen functional groups attached to an aromatic ring is 1. The summed E-state index contributed by atoms with van der Waals surface area (Å²) in [5.74, 6) is -0.771. The summed E-state index contributed by atoms with van der Waals surface area (Å²) < 4.78 is 38.2. The van der Waals surface area contributed by atoms with E-state index in [9.17, 15) is 8.78 Å². The molecule has 0 unspecified atom stereocenters. The van der Waals surface area contributed by atoms with Gasteiger partial charge in [-0.1, -0.05) is 25.7 Å². The van der Waals surface area contributed by atoms with E-state index in [4.69, 9.17) is 10.5 Å². The van der Waals surface area contributed by atoms with Crippen LogP contribution in [0.25, 0.3) is 28.2 Å². The van der Waals surface area contributed by atoms with Gasteiger partial charge in [0.1, 0.15) is 24.6 Å². The lowest BCUT2D eigenvalue weighted by Crippen LogP contribution is -2.22. The van der Waals surface area contributed by atoms with Crippen molar-refractivity contribution in [2.45, 2.75) is 32.4 Å². The lowest BCUT2D eigenvalue weighted by Gasteiger charge is -2.16. The van der Waals surface area contributed by atoms with Crippen molar-refractivity contribution in [2.75, 3.05) is 12.3 Å². The molecule has 4 aromatic rings. The number of nitrogens with two attached hydrogens (primary N) is 1. The Labute approximate surface area is 180 Å². The second-order valence-corrected chi connectivity index (χ2v) is 14.3. The molecule has 0 aliphatic heterocycles. The smallest absolute Gasteiger partial charge is 0.162 e. The molecule has 0 fully saturated rings. The summed E-state index contributed by atoms with van der Waals surface area (Å²) in [5, 5.41) is 0. The van der Waals surface area contributed by atoms with E-state index < -0.39 is 19.7 Å². The third kappa shape index (κ3) is 4.37. The molecule has 0 atom stereocenters. The standard InChI is InChI=1S/C22H25F2N5OSi/c1-31(2,3)11-10-30-14-28-9-8-26-22(28)21-18-7-4-15(12-29(18)13-27-21)19-16(23)5-6-17(25)20(19)24/h4-9,12-13H,10-11,14,25H2,1-3H3. The number of pyridine rings is 1. The molecule has 9 heteroatoms. The van der Waals surface area contributed by atoms with Gasteiger partial charge in [-0.25, -0.2) is 18.7 Å². The average molecular weight is 442 g/mol. The zero-order valence-electron chi connectivity index (χ0n) is 17.8. The summed E-state index contributed by atoms with van der Waals surface area (Å²) in [6.45, 7) is 8.03. The van der Waals surface area contributed by atoms with Crippen LogP contribution in [0.2, 0.25) is 25.7 Å². The number of nitrogens with zero attached hydrogens (tertiary/aromatic N) is 4. The zero-order chi connectivity index (χ0) is 22.2. The lowest BCUT2D eigenvalue weighted by atomic mass is 10.0. The van der Waals surface area contributed by atoms with Crippen LogP contribution in [0.4, 0.5) is 14.5 Å². The Bertz CT molecular complexity index is 1230. The van der Waals surface area contributed by atoms with Crippen LogP contribution in [0, 0.1) is 11.6 Å². The van der Waals surface area contributed by atoms with Gasteiger partial charge in [0.05, 0.1) is 16.8 Å². The first-order chi connectivity index (χ1) is 14.7. The highest BCUT2D eigenvalue weighted by molar-refractivity contribution is 6.76. The third-order valence-electron chi connectivity index (χ3n) is 5.09. The van der Waals surface area contributed by atoms with Crippen molar-refractivity contribution in [2.24, 2.45) is 0 Å². The molecule has 0 saturated carbocycles. The fourth-order valence-corrected chi connectivity index (χ4v) is 4.08. The van der Waals surface area contributed by atoms with E-state index in [1.807, 2.05) is 10.8 Å². The summed E-state index contributed by atoms with van der Waals surface area (Å²) in [6.07, 6.45) is 6.78.